The molecule has 0 aliphatic carbocycles. The molecule has 0 aliphatic heterocycles. The Morgan fingerprint density at radius 3 is 2.10 bits per heavy atom. The monoisotopic (exact) mass is 301 g/mol. The van der Waals surface area contributed by atoms with E-state index in [0.29, 0.717) is 13.1 Å². The van der Waals surface area contributed by atoms with Gasteiger partial charge in [-0.15, -0.1) is 0 Å². The van der Waals surface area contributed by atoms with Crippen LogP contribution in [0.4, 0.5) is 4.79 Å². The number of carbonyl (C=O) groups is 1. The van der Waals surface area contributed by atoms with E-state index in [2.05, 4.69) is 24.1 Å². The van der Waals surface area contributed by atoms with E-state index in [9.17, 15) is 4.79 Å². The highest BCUT2D eigenvalue weighted by atomic mass is 16.6. The Morgan fingerprint density at radius 1 is 1.19 bits per heavy atom. The Labute approximate surface area is 130 Å². The first-order chi connectivity index (χ1) is 9.84. The largest absolute Gasteiger partial charge is 0.444 e. The summed E-state index contributed by atoms with van der Waals surface area (Å²) in [4.78, 5) is 14.1. The van der Waals surface area contributed by atoms with Gasteiger partial charge in [-0.1, -0.05) is 26.7 Å². The molecule has 0 saturated carbocycles. The molecule has 0 aromatic heterocycles. The molecule has 1 atom stereocenters. The number of carbonyl (C=O) groups excluding carboxylic acids is 1. The van der Waals surface area contributed by atoms with Crippen LogP contribution in [0, 0.1) is 0 Å². The summed E-state index contributed by atoms with van der Waals surface area (Å²) in [7, 11) is 0. The van der Waals surface area contributed by atoms with Crippen molar-refractivity contribution in [2.45, 2.75) is 71.9 Å². The summed E-state index contributed by atoms with van der Waals surface area (Å²) in [5.41, 5.74) is 5.43. The first kappa shape index (κ1) is 20.2. The van der Waals surface area contributed by atoms with Crippen LogP contribution in [0.25, 0.3) is 0 Å². The van der Waals surface area contributed by atoms with Gasteiger partial charge in [0, 0.05) is 19.1 Å². The third kappa shape index (κ3) is 10.5. The van der Waals surface area contributed by atoms with E-state index < -0.39 is 5.60 Å². The normalized spacial score (nSPS) is 13.3. The first-order valence-corrected chi connectivity index (χ1v) is 8.25. The van der Waals surface area contributed by atoms with Crippen LogP contribution in [0.15, 0.2) is 0 Å². The highest BCUT2D eigenvalue weighted by Crippen LogP contribution is 2.07. The molecule has 0 spiro atoms. The van der Waals surface area contributed by atoms with Gasteiger partial charge >= 0.3 is 6.09 Å². The van der Waals surface area contributed by atoms with Crippen molar-refractivity contribution >= 4 is 6.09 Å². The third-order valence-corrected chi connectivity index (χ3v) is 3.27. The van der Waals surface area contributed by atoms with E-state index in [1.807, 2.05) is 20.8 Å². The van der Waals surface area contributed by atoms with Gasteiger partial charge < -0.3 is 15.8 Å². The highest BCUT2D eigenvalue weighted by Gasteiger charge is 2.20. The van der Waals surface area contributed by atoms with Crippen LogP contribution in [-0.4, -0.2) is 48.8 Å². The lowest BCUT2D eigenvalue weighted by atomic mass is 10.2. The maximum Gasteiger partial charge on any atom is 0.407 e. The molecule has 0 bridgehead atoms. The fourth-order valence-electron chi connectivity index (χ4n) is 2.08. The second-order valence-corrected chi connectivity index (χ2v) is 6.52. The molecule has 1 unspecified atom stereocenters. The van der Waals surface area contributed by atoms with Gasteiger partial charge in [-0.2, -0.15) is 0 Å². The molecular weight excluding hydrogens is 266 g/mol. The Bertz CT molecular complexity index is 269. The summed E-state index contributed by atoms with van der Waals surface area (Å²) >= 11 is 0. The van der Waals surface area contributed by atoms with Crippen LogP contribution >= 0.6 is 0 Å². The van der Waals surface area contributed by atoms with Crippen LogP contribution in [0.2, 0.25) is 0 Å². The lowest BCUT2D eigenvalue weighted by Gasteiger charge is -2.31. The van der Waals surface area contributed by atoms with Crippen molar-refractivity contribution in [1.29, 1.82) is 0 Å². The minimum atomic E-state index is -0.466. The lowest BCUT2D eigenvalue weighted by molar-refractivity contribution is 0.0507. The Balaban J connectivity index is 4.37. The molecule has 126 valence electrons. The predicted octanol–water partition coefficient (Wildman–Crippen LogP) is 2.74. The molecule has 0 saturated heterocycles. The van der Waals surface area contributed by atoms with Crippen molar-refractivity contribution in [2.24, 2.45) is 5.73 Å². The number of rotatable bonds is 10. The van der Waals surface area contributed by atoms with Crippen molar-refractivity contribution in [3.63, 3.8) is 0 Å². The van der Waals surface area contributed by atoms with Crippen molar-refractivity contribution in [3.05, 3.63) is 0 Å². The van der Waals surface area contributed by atoms with Gasteiger partial charge in [-0.05, 0) is 46.7 Å². The molecule has 1 amide bonds. The van der Waals surface area contributed by atoms with E-state index in [4.69, 9.17) is 10.5 Å². The van der Waals surface area contributed by atoms with Gasteiger partial charge in [-0.3, -0.25) is 4.90 Å². The average molecular weight is 301 g/mol. The highest BCUT2D eigenvalue weighted by molar-refractivity contribution is 5.67. The molecule has 0 rings (SSSR count). The number of hydrogen-bond acceptors (Lipinski definition) is 4. The molecule has 3 N–H and O–H groups in total. The number of ether oxygens (including phenoxy) is 1. The summed E-state index contributed by atoms with van der Waals surface area (Å²) in [6, 6.07) is 0.176. The number of nitrogens with zero attached hydrogens (tertiary/aromatic N) is 1. The van der Waals surface area contributed by atoms with E-state index in [1.165, 1.54) is 12.8 Å². The number of amides is 1. The van der Waals surface area contributed by atoms with E-state index in [0.717, 1.165) is 25.9 Å². The van der Waals surface area contributed by atoms with Crippen LogP contribution in [0.5, 0.6) is 0 Å². The number of nitrogens with one attached hydrogen (secondary N) is 1. The summed E-state index contributed by atoms with van der Waals surface area (Å²) in [6.45, 7) is 13.1. The van der Waals surface area contributed by atoms with Gasteiger partial charge in [0.15, 0.2) is 0 Å². The van der Waals surface area contributed by atoms with E-state index in [-0.39, 0.29) is 12.1 Å². The minimum Gasteiger partial charge on any atom is -0.444 e. The summed E-state index contributed by atoms with van der Waals surface area (Å²) in [5, 5.41) is 2.84. The van der Waals surface area contributed by atoms with Gasteiger partial charge in [-0.25, -0.2) is 4.79 Å². The summed E-state index contributed by atoms with van der Waals surface area (Å²) in [5.74, 6) is 0. The Morgan fingerprint density at radius 2 is 1.71 bits per heavy atom. The number of alkyl carbamates (subject to hydrolysis) is 1. The maximum absolute atomic E-state index is 11.7. The van der Waals surface area contributed by atoms with Crippen LogP contribution in [0.3, 0.4) is 0 Å². The van der Waals surface area contributed by atoms with Crippen LogP contribution in [0.1, 0.15) is 60.3 Å². The van der Waals surface area contributed by atoms with Crippen molar-refractivity contribution in [1.82, 2.24) is 10.2 Å². The molecular formula is C16H35N3O2. The minimum absolute atomic E-state index is 0.176. The first-order valence-electron chi connectivity index (χ1n) is 8.25. The molecule has 5 nitrogen and oxygen atoms in total. The average Bonchev–Trinajstić information content (AvgIpc) is 2.39. The molecule has 21 heavy (non-hydrogen) atoms. The smallest absolute Gasteiger partial charge is 0.407 e. The fourth-order valence-corrected chi connectivity index (χ4v) is 2.08. The summed E-state index contributed by atoms with van der Waals surface area (Å²) in [6.07, 6.45) is 4.28. The molecule has 0 aromatic carbocycles. The number of unbranched alkanes of at least 4 members (excludes halogenated alkanes) is 2. The fraction of sp³-hybridized carbons (Fsp3) is 0.938. The number of nitrogens with two attached hydrogens (primary N) is 1. The molecule has 0 aromatic rings. The second kappa shape index (κ2) is 10.9. The zero-order valence-electron chi connectivity index (χ0n) is 14.6. The van der Waals surface area contributed by atoms with Gasteiger partial charge in [0.1, 0.15) is 5.60 Å². The Hall–Kier alpha value is -0.810. The van der Waals surface area contributed by atoms with E-state index in [1.54, 1.807) is 0 Å². The molecule has 0 radical (unpaired) electrons. The topological polar surface area (TPSA) is 67.6 Å². The summed E-state index contributed by atoms with van der Waals surface area (Å²) < 4.78 is 5.27. The molecule has 0 heterocycles. The van der Waals surface area contributed by atoms with Crippen molar-refractivity contribution in [3.8, 4) is 0 Å². The zero-order valence-corrected chi connectivity index (χ0v) is 14.6. The lowest BCUT2D eigenvalue weighted by Crippen LogP contribution is -2.49. The maximum atomic E-state index is 11.7. The van der Waals surface area contributed by atoms with Crippen molar-refractivity contribution < 1.29 is 9.53 Å². The van der Waals surface area contributed by atoms with Crippen LogP contribution < -0.4 is 11.1 Å². The van der Waals surface area contributed by atoms with E-state index >= 15 is 0 Å². The third-order valence-electron chi connectivity index (χ3n) is 3.27. The van der Waals surface area contributed by atoms with Crippen LogP contribution in [-0.2, 0) is 4.74 Å². The van der Waals surface area contributed by atoms with Gasteiger partial charge in [0.2, 0.25) is 0 Å². The second-order valence-electron chi connectivity index (χ2n) is 6.52. The zero-order chi connectivity index (χ0) is 16.3. The van der Waals surface area contributed by atoms with Crippen molar-refractivity contribution in [2.75, 3.05) is 26.2 Å². The predicted molar refractivity (Wildman–Crippen MR) is 88.5 cm³/mol. The Kier molecular flexibility index (Phi) is 10.4. The van der Waals surface area contributed by atoms with Gasteiger partial charge in [0.05, 0.1) is 0 Å². The molecule has 0 aliphatic rings. The molecule has 5 heteroatoms. The molecule has 0 fully saturated rings. The van der Waals surface area contributed by atoms with Gasteiger partial charge in [0.25, 0.3) is 0 Å². The quantitative estimate of drug-likeness (QED) is 0.651. The number of hydrogen-bond donors (Lipinski definition) is 2. The standard InChI is InChI=1S/C16H35N3O2/c1-6-8-10-19(11-9-7-2)14(12-17)13-18-15(20)21-16(3,4)5/h14H,6-13,17H2,1-5H3,(H,18,20). The SMILES string of the molecule is CCCCN(CCCC)C(CN)CNC(=O)OC(C)(C)C.